The molecule has 0 fully saturated rings. The van der Waals surface area contributed by atoms with Crippen LogP contribution in [0.3, 0.4) is 0 Å². The van der Waals surface area contributed by atoms with Gasteiger partial charge in [0, 0.05) is 5.69 Å². The molecule has 0 aliphatic carbocycles. The van der Waals surface area contributed by atoms with Gasteiger partial charge in [0.15, 0.2) is 0 Å². The van der Waals surface area contributed by atoms with E-state index in [9.17, 15) is 4.79 Å². The number of benzene rings is 3. The van der Waals surface area contributed by atoms with Gasteiger partial charge in [0.1, 0.15) is 5.75 Å². The number of anilines is 2. The van der Waals surface area contributed by atoms with Gasteiger partial charge in [0.25, 0.3) is 0 Å². The maximum absolute atomic E-state index is 12.2. The molecule has 1 heterocycles. The molecule has 27 heavy (non-hydrogen) atoms. The Bertz CT molecular complexity index is 1070. The van der Waals surface area contributed by atoms with Crippen LogP contribution < -0.4 is 15.4 Å². The number of aromatic nitrogens is 2. The minimum atomic E-state index is -0.370. The molecule has 0 aliphatic heterocycles. The molecule has 0 unspecified atom stereocenters. The van der Waals surface area contributed by atoms with Crippen LogP contribution in [0.2, 0.25) is 0 Å². The fourth-order valence-corrected chi connectivity index (χ4v) is 2.59. The van der Waals surface area contributed by atoms with Gasteiger partial charge in [-0.1, -0.05) is 48.5 Å². The highest BCUT2D eigenvalue weighted by atomic mass is 16.5. The van der Waals surface area contributed by atoms with Crippen molar-refractivity contribution < 1.29 is 9.53 Å². The van der Waals surface area contributed by atoms with Gasteiger partial charge in [-0.05, 0) is 35.0 Å². The molecule has 0 bridgehead atoms. The van der Waals surface area contributed by atoms with Crippen LogP contribution in [-0.2, 0) is 0 Å². The Hall–Kier alpha value is -3.93. The van der Waals surface area contributed by atoms with E-state index in [1.165, 1.54) is 12.4 Å². The number of ether oxygens (including phenoxy) is 1. The first-order chi connectivity index (χ1) is 13.3. The number of para-hydroxylation sites is 1. The minimum absolute atomic E-state index is 0.210. The number of fused-ring (bicyclic) bond motifs is 1. The zero-order valence-electron chi connectivity index (χ0n) is 14.3. The van der Waals surface area contributed by atoms with Gasteiger partial charge in [-0.3, -0.25) is 0 Å². The van der Waals surface area contributed by atoms with E-state index in [1.54, 1.807) is 0 Å². The molecule has 132 valence electrons. The zero-order valence-corrected chi connectivity index (χ0v) is 14.3. The lowest BCUT2D eigenvalue weighted by Gasteiger charge is -2.09. The molecular weight excluding hydrogens is 340 g/mol. The zero-order chi connectivity index (χ0) is 18.5. The molecule has 1 aromatic heterocycles. The van der Waals surface area contributed by atoms with E-state index in [0.717, 1.165) is 10.8 Å². The van der Waals surface area contributed by atoms with Crippen LogP contribution in [0.5, 0.6) is 11.8 Å². The number of carbonyl (C=O) groups excluding carboxylic acids is 1. The van der Waals surface area contributed by atoms with Gasteiger partial charge in [0.05, 0.1) is 18.1 Å². The molecule has 4 rings (SSSR count). The van der Waals surface area contributed by atoms with Crippen molar-refractivity contribution in [1.82, 2.24) is 9.97 Å². The Kier molecular flexibility index (Phi) is 4.61. The molecule has 0 atom stereocenters. The first-order valence-electron chi connectivity index (χ1n) is 8.38. The third-order valence-electron chi connectivity index (χ3n) is 3.85. The Morgan fingerprint density at radius 1 is 0.741 bits per heavy atom. The molecule has 0 radical (unpaired) electrons. The monoisotopic (exact) mass is 356 g/mol. The van der Waals surface area contributed by atoms with Crippen LogP contribution >= 0.6 is 0 Å². The number of hydrogen-bond acceptors (Lipinski definition) is 4. The summed E-state index contributed by atoms with van der Waals surface area (Å²) >= 11 is 0. The molecule has 2 N–H and O–H groups in total. The smallest absolute Gasteiger partial charge is 0.323 e. The van der Waals surface area contributed by atoms with E-state index in [4.69, 9.17) is 4.74 Å². The average Bonchev–Trinajstić information content (AvgIpc) is 2.70. The van der Waals surface area contributed by atoms with E-state index < -0.39 is 0 Å². The normalized spacial score (nSPS) is 10.4. The van der Waals surface area contributed by atoms with Crippen molar-refractivity contribution >= 4 is 28.2 Å². The number of rotatable bonds is 4. The molecule has 2 amide bonds. The number of carbonyl (C=O) groups is 1. The second-order valence-electron chi connectivity index (χ2n) is 5.81. The van der Waals surface area contributed by atoms with Gasteiger partial charge < -0.3 is 15.4 Å². The van der Waals surface area contributed by atoms with Gasteiger partial charge in [-0.2, -0.15) is 0 Å². The second kappa shape index (κ2) is 7.53. The van der Waals surface area contributed by atoms with Crippen molar-refractivity contribution in [3.63, 3.8) is 0 Å². The predicted octanol–water partition coefficient (Wildman–Crippen LogP) is 5.07. The van der Waals surface area contributed by atoms with Gasteiger partial charge in [-0.25, -0.2) is 14.8 Å². The third-order valence-corrected chi connectivity index (χ3v) is 3.85. The van der Waals surface area contributed by atoms with E-state index >= 15 is 0 Å². The molecule has 6 nitrogen and oxygen atoms in total. The quantitative estimate of drug-likeness (QED) is 0.535. The van der Waals surface area contributed by atoms with Crippen molar-refractivity contribution in [2.45, 2.75) is 0 Å². The maximum atomic E-state index is 12.2. The first-order valence-corrected chi connectivity index (χ1v) is 8.38. The molecule has 0 spiro atoms. The van der Waals surface area contributed by atoms with Crippen molar-refractivity contribution in [1.29, 1.82) is 0 Å². The number of hydrogen-bond donors (Lipinski definition) is 2. The molecule has 0 saturated heterocycles. The van der Waals surface area contributed by atoms with Crippen molar-refractivity contribution in [2.75, 3.05) is 10.6 Å². The van der Waals surface area contributed by atoms with Crippen LogP contribution in [0, 0.1) is 0 Å². The first kappa shape index (κ1) is 16.5. The van der Waals surface area contributed by atoms with E-state index in [1.807, 2.05) is 72.8 Å². The lowest BCUT2D eigenvalue weighted by atomic mass is 10.1. The minimum Gasteiger partial charge on any atom is -0.424 e. The van der Waals surface area contributed by atoms with E-state index in [-0.39, 0.29) is 12.0 Å². The predicted molar refractivity (Wildman–Crippen MR) is 105 cm³/mol. The highest BCUT2D eigenvalue weighted by Gasteiger charge is 2.06. The van der Waals surface area contributed by atoms with Crippen molar-refractivity contribution in [3.05, 3.63) is 85.2 Å². The highest BCUT2D eigenvalue weighted by Crippen LogP contribution is 2.20. The van der Waals surface area contributed by atoms with Crippen LogP contribution in [0.15, 0.2) is 85.2 Å². The third kappa shape index (κ3) is 4.19. The standard InChI is InChI=1S/C21H16N4O2/c26-20(24-17-11-10-15-6-4-5-7-16(15)12-17)25-18-13-22-21(23-14-18)27-19-8-2-1-3-9-19/h1-14H,(H2,24,25,26). The molecule has 6 heteroatoms. The SMILES string of the molecule is O=C(Nc1cnc(Oc2ccccc2)nc1)Nc1ccc2ccccc2c1. The van der Waals surface area contributed by atoms with Gasteiger partial charge in [-0.15, -0.1) is 0 Å². The summed E-state index contributed by atoms with van der Waals surface area (Å²) in [4.78, 5) is 20.4. The van der Waals surface area contributed by atoms with Gasteiger partial charge >= 0.3 is 12.0 Å². The van der Waals surface area contributed by atoms with Crippen LogP contribution in [0.4, 0.5) is 16.2 Å². The van der Waals surface area contributed by atoms with Crippen molar-refractivity contribution in [2.24, 2.45) is 0 Å². The fourth-order valence-electron chi connectivity index (χ4n) is 2.59. The van der Waals surface area contributed by atoms with Gasteiger partial charge in [0.2, 0.25) is 0 Å². The van der Waals surface area contributed by atoms with Crippen LogP contribution in [0.25, 0.3) is 10.8 Å². The largest absolute Gasteiger partial charge is 0.424 e. The Labute approximate surface area is 155 Å². The Balaban J connectivity index is 1.38. The average molecular weight is 356 g/mol. The number of nitrogens with one attached hydrogen (secondary N) is 2. The lowest BCUT2D eigenvalue weighted by Crippen LogP contribution is -2.19. The van der Waals surface area contributed by atoms with E-state index in [0.29, 0.717) is 17.1 Å². The molecule has 0 aliphatic rings. The van der Waals surface area contributed by atoms with Crippen LogP contribution in [-0.4, -0.2) is 16.0 Å². The van der Waals surface area contributed by atoms with E-state index in [2.05, 4.69) is 20.6 Å². The summed E-state index contributed by atoms with van der Waals surface area (Å²) in [6.45, 7) is 0. The molecular formula is C21H16N4O2. The topological polar surface area (TPSA) is 76.1 Å². The summed E-state index contributed by atoms with van der Waals surface area (Å²) < 4.78 is 5.52. The summed E-state index contributed by atoms with van der Waals surface area (Å²) in [5.74, 6) is 0.646. The summed E-state index contributed by atoms with van der Waals surface area (Å²) in [6, 6.07) is 22.8. The second-order valence-corrected chi connectivity index (χ2v) is 5.81. The summed E-state index contributed by atoms with van der Waals surface area (Å²) in [7, 11) is 0. The summed E-state index contributed by atoms with van der Waals surface area (Å²) in [6.07, 6.45) is 2.98. The summed E-state index contributed by atoms with van der Waals surface area (Å²) in [5.41, 5.74) is 1.17. The van der Waals surface area contributed by atoms with Crippen molar-refractivity contribution in [3.8, 4) is 11.8 Å². The maximum Gasteiger partial charge on any atom is 0.323 e. The Morgan fingerprint density at radius 2 is 1.41 bits per heavy atom. The summed E-state index contributed by atoms with van der Waals surface area (Å²) in [5, 5.41) is 7.67. The number of amides is 2. The molecule has 4 aromatic rings. The lowest BCUT2D eigenvalue weighted by molar-refractivity contribution is 0.262. The fraction of sp³-hybridized carbons (Fsp3) is 0. The molecule has 0 saturated carbocycles. The molecule has 3 aromatic carbocycles. The Morgan fingerprint density at radius 3 is 2.19 bits per heavy atom. The van der Waals surface area contributed by atoms with Crippen LogP contribution in [0.1, 0.15) is 0 Å². The number of nitrogens with zero attached hydrogens (tertiary/aromatic N) is 2. The number of urea groups is 1. The highest BCUT2D eigenvalue weighted by molar-refractivity contribution is 6.01.